The van der Waals surface area contributed by atoms with Crippen LogP contribution in [0.5, 0.6) is 11.5 Å². The van der Waals surface area contributed by atoms with Crippen molar-refractivity contribution in [3.8, 4) is 11.5 Å². The summed E-state index contributed by atoms with van der Waals surface area (Å²) in [6.45, 7) is 28.2. The third-order valence-electron chi connectivity index (χ3n) is 21.8. The maximum absolute atomic E-state index is 13.1. The minimum atomic E-state index is -0.359. The van der Waals surface area contributed by atoms with E-state index < -0.39 is 0 Å². The standard InChI is InChI=1S/C21H27N3O.C20H25N3O2.C19H22FN3O.C17H27N3O.C16H25N3O2.5CH4/c1-16-8-9-20(14-17(16)2)23-21(25)22-19-10-12-24(13-11-19)15-18-6-4-3-5-7-18;1-25-19-9-5-8-18(14-19)22-20(24)21-17-10-12-23(13-11-17)15-16-6-3-2-4-7-16;20-16-7-4-8-18(13-16)22-19(24)21-17-9-11-23(12-10-17)14-15-5-2-1-3-6-15;1-4-14-5-7-15(8-6-14)18-17(21)19-16-9-11-20(12-10-16)13(2)3;1-12(2)19-9-7-13(8-10-19)17-16(20)18-14-5-4-6-15(11-14)21-3;;;;;/h3-9,14,19H,10-13,15H2,1-2H3,(H2,22,23,25);2-9,14,17H,10-13,15H2,1H3,(H2,21,22,24);1-8,13,17H,9-12,14H2,(H2,21,22,24);5-8,13,16H,4,9-12H2,1-3H3,(H2,18,19,21);4-6,11-13H,7-10H2,1-3H3,(H2,17,18,20);5*1H4. The van der Waals surface area contributed by atoms with E-state index in [9.17, 15) is 28.4 Å². The summed E-state index contributed by atoms with van der Waals surface area (Å²) in [6, 6.07) is 67.7. The average Bonchev–Trinajstić information content (AvgIpc) is 0.878. The van der Waals surface area contributed by atoms with Crippen molar-refractivity contribution in [2.45, 2.75) is 218 Å². The summed E-state index contributed by atoms with van der Waals surface area (Å²) < 4.78 is 23.4. The van der Waals surface area contributed by atoms with Crippen LogP contribution in [-0.2, 0) is 26.1 Å². The number of ether oxygens (including phenoxy) is 2. The van der Waals surface area contributed by atoms with Gasteiger partial charge in [-0.25, -0.2) is 28.4 Å². The van der Waals surface area contributed by atoms with Crippen molar-refractivity contribution in [3.05, 3.63) is 245 Å². The number of halogens is 1. The summed E-state index contributed by atoms with van der Waals surface area (Å²) >= 11 is 0. The monoisotopic (exact) mass is 1660 g/mol. The number of carbonyl (C=O) groups excluding carboxylic acids is 5. The molecule has 0 radical (unpaired) electrons. The molecule has 5 heterocycles. The molecule has 121 heavy (non-hydrogen) atoms. The number of amides is 10. The van der Waals surface area contributed by atoms with Crippen LogP contribution in [0.1, 0.15) is 169 Å². The molecule has 8 aromatic carbocycles. The Kier molecular flexibility index (Phi) is 47.0. The molecule has 662 valence electrons. The van der Waals surface area contributed by atoms with Gasteiger partial charge in [-0.2, -0.15) is 0 Å². The Balaban J connectivity index is 0.000000315. The molecular weight excluding hydrogens is 1520 g/mol. The molecule has 0 spiro atoms. The van der Waals surface area contributed by atoms with E-state index in [1.807, 2.05) is 91.0 Å². The van der Waals surface area contributed by atoms with Crippen molar-refractivity contribution in [1.29, 1.82) is 0 Å². The van der Waals surface area contributed by atoms with Crippen LogP contribution >= 0.6 is 0 Å². The van der Waals surface area contributed by atoms with Gasteiger partial charge in [0.15, 0.2) is 0 Å². The molecule has 0 unspecified atom stereocenters. The lowest BCUT2D eigenvalue weighted by molar-refractivity contribution is 0.162. The SMILES string of the molecule is C.C.C.C.C.CCc1ccc(NC(=O)NC2CCN(C(C)C)CC2)cc1.COc1cccc(NC(=O)NC2CCN(C(C)C)CC2)c1.COc1cccc(NC(=O)NC2CCN(Cc3ccccc3)CC2)c1.Cc1ccc(NC(=O)NC2CCN(Cc3ccccc3)CC2)cc1C.O=C(Nc1cccc(F)c1)NC1CCN(Cc2ccccc2)CC1. The zero-order chi connectivity index (χ0) is 82.4. The number of likely N-dealkylation sites (tertiary alicyclic amines) is 5. The van der Waals surface area contributed by atoms with Gasteiger partial charge in [-0.3, -0.25) is 14.7 Å². The molecule has 10 N–H and O–H groups in total. The first-order valence-corrected chi connectivity index (χ1v) is 41.5. The van der Waals surface area contributed by atoms with Crippen LogP contribution < -0.4 is 62.6 Å². The Hall–Kier alpha value is -10.6. The predicted molar refractivity (Wildman–Crippen MR) is 502 cm³/mol. The highest BCUT2D eigenvalue weighted by atomic mass is 19.1. The van der Waals surface area contributed by atoms with Crippen molar-refractivity contribution in [3.63, 3.8) is 0 Å². The molecule has 23 heteroatoms. The molecular formula is C98H146FN15O7. The number of nitrogens with zero attached hydrogens (tertiary/aromatic N) is 5. The number of benzene rings is 8. The van der Waals surface area contributed by atoms with Crippen LogP contribution in [0.2, 0.25) is 0 Å². The van der Waals surface area contributed by atoms with Crippen LogP contribution in [0.4, 0.5) is 56.8 Å². The number of nitrogens with one attached hydrogen (secondary N) is 10. The predicted octanol–water partition coefficient (Wildman–Crippen LogP) is 20.3. The minimum Gasteiger partial charge on any atom is -0.497 e. The first kappa shape index (κ1) is 103. The average molecular weight is 1670 g/mol. The summed E-state index contributed by atoms with van der Waals surface area (Å²) in [5, 5.41) is 29.5. The van der Waals surface area contributed by atoms with E-state index in [4.69, 9.17) is 9.47 Å². The van der Waals surface area contributed by atoms with Crippen molar-refractivity contribution in [2.75, 3.05) is 106 Å². The Bertz CT molecular complexity index is 4220. The van der Waals surface area contributed by atoms with Gasteiger partial charge in [0.05, 0.1) is 14.2 Å². The summed E-state index contributed by atoms with van der Waals surface area (Å²) in [7, 11) is 3.23. The van der Waals surface area contributed by atoms with Gasteiger partial charge < -0.3 is 72.4 Å². The fraction of sp³-hybridized carbons (Fsp3) is 0.459. The fourth-order valence-corrected chi connectivity index (χ4v) is 14.7. The maximum Gasteiger partial charge on any atom is 0.319 e. The number of hydrogen-bond donors (Lipinski definition) is 10. The summed E-state index contributed by atoms with van der Waals surface area (Å²) in [6.07, 6.45) is 10.8. The summed E-state index contributed by atoms with van der Waals surface area (Å²) in [5.41, 5.74) is 11.3. The maximum atomic E-state index is 13.1. The quantitative estimate of drug-likeness (QED) is 0.0323. The molecule has 8 aromatic rings. The van der Waals surface area contributed by atoms with Gasteiger partial charge in [0.2, 0.25) is 0 Å². The van der Waals surface area contributed by atoms with Gasteiger partial charge in [-0.15, -0.1) is 0 Å². The zero-order valence-corrected chi connectivity index (χ0v) is 69.6. The second kappa shape index (κ2) is 55.4. The Morgan fingerprint density at radius 1 is 0.331 bits per heavy atom. The van der Waals surface area contributed by atoms with Gasteiger partial charge in [0.25, 0.3) is 0 Å². The lowest BCUT2D eigenvalue weighted by Crippen LogP contribution is -2.47. The molecule has 0 aliphatic carbocycles. The second-order valence-electron chi connectivity index (χ2n) is 31.2. The van der Waals surface area contributed by atoms with Gasteiger partial charge in [0.1, 0.15) is 17.3 Å². The molecule has 5 fully saturated rings. The molecule has 0 aromatic heterocycles. The van der Waals surface area contributed by atoms with Crippen LogP contribution in [0.25, 0.3) is 0 Å². The van der Waals surface area contributed by atoms with Gasteiger partial charge in [-0.05, 0) is 212 Å². The molecule has 0 atom stereocenters. The number of carbonyl (C=O) groups is 5. The van der Waals surface area contributed by atoms with Crippen molar-refractivity contribution in [1.82, 2.24) is 51.1 Å². The summed E-state index contributed by atoms with van der Waals surface area (Å²) in [4.78, 5) is 72.6. The largest absolute Gasteiger partial charge is 0.497 e. The van der Waals surface area contributed by atoms with E-state index in [0.717, 1.165) is 190 Å². The van der Waals surface area contributed by atoms with Crippen LogP contribution in [-0.4, -0.2) is 177 Å². The van der Waals surface area contributed by atoms with E-state index in [2.05, 4.69) is 211 Å². The highest BCUT2D eigenvalue weighted by Crippen LogP contribution is 2.24. The van der Waals surface area contributed by atoms with Crippen molar-refractivity contribution in [2.24, 2.45) is 0 Å². The van der Waals surface area contributed by atoms with Gasteiger partial charge >= 0.3 is 30.2 Å². The lowest BCUT2D eigenvalue weighted by Gasteiger charge is -2.34. The Morgan fingerprint density at radius 2 is 0.612 bits per heavy atom. The number of hydrogen-bond acceptors (Lipinski definition) is 12. The van der Waals surface area contributed by atoms with Crippen LogP contribution in [0.3, 0.4) is 0 Å². The first-order chi connectivity index (χ1) is 56.2. The molecule has 10 amide bonds. The Morgan fingerprint density at radius 3 is 0.901 bits per heavy atom. The third-order valence-corrected chi connectivity index (χ3v) is 21.8. The van der Waals surface area contributed by atoms with E-state index in [1.165, 1.54) is 45.5 Å². The van der Waals surface area contributed by atoms with Crippen LogP contribution in [0, 0.1) is 19.7 Å². The van der Waals surface area contributed by atoms with E-state index >= 15 is 0 Å². The molecule has 5 aliphatic heterocycles. The smallest absolute Gasteiger partial charge is 0.319 e. The van der Waals surface area contributed by atoms with Crippen molar-refractivity contribution >= 4 is 58.6 Å². The Labute approximate surface area is 725 Å². The van der Waals surface area contributed by atoms with Crippen molar-refractivity contribution < 1.29 is 37.8 Å². The molecule has 5 aliphatic rings. The fourth-order valence-electron chi connectivity index (χ4n) is 14.7. The highest BCUT2D eigenvalue weighted by Gasteiger charge is 2.27. The van der Waals surface area contributed by atoms with E-state index in [1.54, 1.807) is 32.4 Å². The number of anilines is 5. The van der Waals surface area contributed by atoms with Gasteiger partial charge in [0, 0.05) is 168 Å². The number of urea groups is 5. The van der Waals surface area contributed by atoms with Gasteiger partial charge in [-0.1, -0.05) is 171 Å². The third kappa shape index (κ3) is 38.0. The molecule has 5 saturated heterocycles. The number of piperidine rings is 5. The number of methoxy groups -OCH3 is 2. The highest BCUT2D eigenvalue weighted by molar-refractivity contribution is 5.92. The molecule has 13 rings (SSSR count). The van der Waals surface area contributed by atoms with Crippen LogP contribution in [0.15, 0.2) is 206 Å². The second-order valence-corrected chi connectivity index (χ2v) is 31.2. The molecule has 0 saturated carbocycles. The minimum absolute atomic E-state index is 0. The zero-order valence-electron chi connectivity index (χ0n) is 69.6. The topological polar surface area (TPSA) is 240 Å². The summed E-state index contributed by atoms with van der Waals surface area (Å²) in [5.74, 6) is 1.10. The molecule has 22 nitrogen and oxygen atoms in total. The lowest BCUT2D eigenvalue weighted by atomic mass is 10.0. The number of aryl methyl sites for hydroxylation is 3. The normalized spacial score (nSPS) is 15.5. The first-order valence-electron chi connectivity index (χ1n) is 41.5. The molecule has 0 bridgehead atoms. The van der Waals surface area contributed by atoms with E-state index in [-0.39, 0.29) is 103 Å². The van der Waals surface area contributed by atoms with E-state index in [0.29, 0.717) is 17.8 Å². The number of rotatable bonds is 21.